The van der Waals surface area contributed by atoms with Crippen LogP contribution in [0.4, 0.5) is 43.9 Å². The predicted molar refractivity (Wildman–Crippen MR) is 300 cm³/mol. The normalized spacial score (nSPS) is 12.2. The SMILES string of the molecule is CCOC(=O)COc1c(F)cc(SCCN2C(=O)c3ccccc3C2=O)cc1F.O=C1c2ccccc2C(=O)N1CCSc1cc(F)c(O)c(F)c1.O=S(=O)(I)Cc1cc(F)c(O)c(F)c1.Oc1c(F)cc(S)cc1F.Oc1c(F)cccc1F. The van der Waals surface area contributed by atoms with Gasteiger partial charge in [-0.05, 0) is 97.4 Å². The molecule has 15 nitrogen and oxygen atoms in total. The molecule has 450 valence electrons. The zero-order valence-corrected chi connectivity index (χ0v) is 48.6. The zero-order valence-electron chi connectivity index (χ0n) is 43.1. The van der Waals surface area contributed by atoms with Crippen LogP contribution in [0.15, 0.2) is 130 Å². The van der Waals surface area contributed by atoms with Gasteiger partial charge in [-0.2, -0.15) is 0 Å². The van der Waals surface area contributed by atoms with Gasteiger partial charge in [-0.25, -0.2) is 57.1 Å². The number of thioether (sulfide) groups is 2. The molecule has 9 rings (SSSR count). The van der Waals surface area contributed by atoms with E-state index in [0.29, 0.717) is 22.3 Å². The molecule has 0 saturated carbocycles. The highest BCUT2D eigenvalue weighted by Gasteiger charge is 2.36. The minimum absolute atomic E-state index is 0.0350. The second-order valence-electron chi connectivity index (χ2n) is 16.8. The molecule has 4 N–H and O–H groups in total. The number of carbonyl (C=O) groups excluding carboxylic acids is 5. The van der Waals surface area contributed by atoms with E-state index in [9.17, 15) is 76.3 Å². The summed E-state index contributed by atoms with van der Waals surface area (Å²) >= 11 is 7.03. The van der Waals surface area contributed by atoms with Crippen LogP contribution in [0.2, 0.25) is 0 Å². The Morgan fingerprint density at radius 1 is 0.518 bits per heavy atom. The fourth-order valence-electron chi connectivity index (χ4n) is 7.05. The van der Waals surface area contributed by atoms with Crippen molar-refractivity contribution in [3.05, 3.63) is 201 Å². The number of benzene rings is 7. The lowest BCUT2D eigenvalue weighted by Gasteiger charge is -2.14. The van der Waals surface area contributed by atoms with Gasteiger partial charge in [-0.15, -0.1) is 36.2 Å². The first kappa shape index (κ1) is 68.1. The smallest absolute Gasteiger partial charge is 0.344 e. The lowest BCUT2D eigenvalue weighted by molar-refractivity contribution is -0.145. The minimum atomic E-state index is -3.37. The molecule has 85 heavy (non-hydrogen) atoms. The van der Waals surface area contributed by atoms with Crippen LogP contribution in [0.3, 0.4) is 0 Å². The van der Waals surface area contributed by atoms with Gasteiger partial charge in [-0.3, -0.25) is 29.0 Å². The number of fused-ring (bicyclic) bond motifs is 2. The summed E-state index contributed by atoms with van der Waals surface area (Å²) < 4.78 is 160. The first-order valence-electron chi connectivity index (χ1n) is 23.7. The molecule has 2 heterocycles. The number of aromatic hydroxyl groups is 4. The summed E-state index contributed by atoms with van der Waals surface area (Å²) in [5.74, 6) is -17.0. The standard InChI is InChI=1S/C20H17F2NO5S.C16H11F2NO3S.C7H5F2IO3S.C6H4F2OS.C6H4F2O/c1-2-27-17(24)11-28-18-15(21)9-12(10-16(18)22)29-8-7-23-19(25)13-5-3-4-6-14(13)20(23)26;17-12-7-9(8-13(18)14(12)20)23-6-5-19-15(21)10-3-1-2-4-11(10)16(19)22;8-5-1-4(3-14(10,12)13)2-6(9)7(5)11;7-4-1-3(10)2-5(8)6(4)9;7-4-2-1-3-5(8)6(4)9/h3-6,9-10H,2,7-8,11H2,1H3;1-4,7-8,20H,5-6H2;1-2,11H,3H2;1-2,9-10H;1-3,9H. The molecule has 2 aliphatic rings. The summed E-state index contributed by atoms with van der Waals surface area (Å²) in [5.41, 5.74) is 1.39. The Balaban J connectivity index is 0.000000209. The van der Waals surface area contributed by atoms with Crippen molar-refractivity contribution >= 4 is 94.0 Å². The number of esters is 1. The number of carbonyl (C=O) groups is 5. The van der Waals surface area contributed by atoms with E-state index in [0.717, 1.165) is 94.0 Å². The fraction of sp³-hybridized carbons (Fsp3) is 0.145. The maximum Gasteiger partial charge on any atom is 0.344 e. The summed E-state index contributed by atoms with van der Waals surface area (Å²) in [6.45, 7) is 1.36. The van der Waals surface area contributed by atoms with E-state index in [1.807, 2.05) is 0 Å². The van der Waals surface area contributed by atoms with Gasteiger partial charge in [0.05, 0.1) is 55.8 Å². The number of imide groups is 2. The van der Waals surface area contributed by atoms with Crippen LogP contribution in [0.1, 0.15) is 53.9 Å². The van der Waals surface area contributed by atoms with Gasteiger partial charge in [0.25, 0.3) is 23.6 Å². The highest BCUT2D eigenvalue weighted by molar-refractivity contribution is 14.2. The molecule has 2 aliphatic heterocycles. The molecule has 30 heteroatoms. The summed E-state index contributed by atoms with van der Waals surface area (Å²) in [5, 5.41) is 34.8. The van der Waals surface area contributed by atoms with Gasteiger partial charge >= 0.3 is 5.97 Å². The van der Waals surface area contributed by atoms with Gasteiger partial charge < -0.3 is 29.9 Å². The Hall–Kier alpha value is -7.68. The van der Waals surface area contributed by atoms with Gasteiger partial charge in [-0.1, -0.05) is 30.3 Å². The Labute approximate surface area is 502 Å². The average Bonchev–Trinajstić information content (AvgIpc) is 2.36. The number of ether oxygens (including phenoxy) is 2. The number of thiol groups is 1. The van der Waals surface area contributed by atoms with Crippen molar-refractivity contribution in [3.8, 4) is 28.7 Å². The van der Waals surface area contributed by atoms with E-state index < -0.39 is 112 Å². The number of phenols is 4. The van der Waals surface area contributed by atoms with Crippen LogP contribution in [-0.2, 0) is 22.3 Å². The average molecular weight is 1380 g/mol. The van der Waals surface area contributed by atoms with Gasteiger partial charge in [0, 0.05) is 39.3 Å². The number of phenolic OH excluding ortho intramolecular Hbond substituents is 4. The summed E-state index contributed by atoms with van der Waals surface area (Å²) in [6.07, 6.45) is 0. The maximum atomic E-state index is 14.1. The third-order valence-corrected chi connectivity index (χ3v) is 14.7. The number of hydrogen-bond donors (Lipinski definition) is 5. The van der Waals surface area contributed by atoms with Crippen molar-refractivity contribution in [3.63, 3.8) is 0 Å². The first-order chi connectivity index (χ1) is 40.0. The summed E-state index contributed by atoms with van der Waals surface area (Å²) in [4.78, 5) is 63.0. The number of halogens is 11. The third-order valence-electron chi connectivity index (χ3n) is 10.9. The molecule has 0 aromatic heterocycles. The van der Waals surface area contributed by atoms with E-state index in [2.05, 4.69) is 17.4 Å². The predicted octanol–water partition coefficient (Wildman–Crippen LogP) is 11.9. The van der Waals surface area contributed by atoms with Crippen LogP contribution < -0.4 is 4.74 Å². The lowest BCUT2D eigenvalue weighted by atomic mass is 10.1. The molecule has 0 atom stereocenters. The molecular formula is C55H41F10IN2O13S4. The van der Waals surface area contributed by atoms with Crippen molar-refractivity contribution in [2.24, 2.45) is 0 Å². The third kappa shape index (κ3) is 18.9. The number of rotatable bonds is 14. The molecule has 0 unspecified atom stereocenters. The molecule has 0 aliphatic carbocycles. The summed E-state index contributed by atoms with van der Waals surface area (Å²) in [6, 6.07) is 23.8. The molecule has 0 spiro atoms. The van der Waals surface area contributed by atoms with Gasteiger partial charge in [0.15, 0.2) is 93.5 Å². The van der Waals surface area contributed by atoms with E-state index in [1.54, 1.807) is 55.5 Å². The molecule has 7 aromatic carbocycles. The second-order valence-corrected chi connectivity index (χ2v) is 25.0. The quantitative estimate of drug-likeness (QED) is 0.0130. The molecule has 7 aromatic rings. The zero-order chi connectivity index (χ0) is 63.0. The van der Waals surface area contributed by atoms with Crippen LogP contribution in [0.5, 0.6) is 28.7 Å². The van der Waals surface area contributed by atoms with Crippen LogP contribution in [-0.4, -0.2) is 106 Å². The van der Waals surface area contributed by atoms with Crippen molar-refractivity contribution in [2.75, 3.05) is 37.8 Å². The lowest BCUT2D eigenvalue weighted by Crippen LogP contribution is -2.31. The Kier molecular flexibility index (Phi) is 24.8. The van der Waals surface area contributed by atoms with Crippen molar-refractivity contribution in [2.45, 2.75) is 27.4 Å². The Bertz CT molecular complexity index is 3600. The van der Waals surface area contributed by atoms with Crippen LogP contribution in [0, 0.1) is 58.2 Å². The highest BCUT2D eigenvalue weighted by atomic mass is 127. The van der Waals surface area contributed by atoms with E-state index in [1.165, 1.54) is 27.3 Å². The van der Waals surface area contributed by atoms with Crippen LogP contribution in [0.25, 0.3) is 0 Å². The molecule has 4 amide bonds. The topological polar surface area (TPSA) is 225 Å². The van der Waals surface area contributed by atoms with E-state index >= 15 is 0 Å². The largest absolute Gasteiger partial charge is 0.503 e. The summed E-state index contributed by atoms with van der Waals surface area (Å²) in [7, 11) is -3.37. The molecule has 0 saturated heterocycles. The van der Waals surface area contributed by atoms with E-state index in [4.69, 9.17) is 25.2 Å². The molecule has 0 bridgehead atoms. The number of amides is 4. The maximum absolute atomic E-state index is 14.1. The Morgan fingerprint density at radius 3 is 1.19 bits per heavy atom. The van der Waals surface area contributed by atoms with Crippen molar-refractivity contribution in [1.82, 2.24) is 9.80 Å². The molecule has 0 fully saturated rings. The van der Waals surface area contributed by atoms with Gasteiger partial charge in [0.1, 0.15) is 0 Å². The number of hydrogen-bond acceptors (Lipinski definition) is 16. The first-order valence-corrected chi connectivity index (χ1v) is 30.3. The molecule has 0 radical (unpaired) electrons. The number of nitrogens with zero attached hydrogens (tertiary/aromatic N) is 2. The monoisotopic (exact) mass is 1380 g/mol. The fourth-order valence-corrected chi connectivity index (χ4v) is 10.7. The van der Waals surface area contributed by atoms with Gasteiger partial charge in [0.2, 0.25) is 7.01 Å². The Morgan fingerprint density at radius 2 is 0.847 bits per heavy atom. The van der Waals surface area contributed by atoms with E-state index in [-0.39, 0.29) is 75.1 Å². The van der Waals surface area contributed by atoms with Crippen molar-refractivity contribution in [1.29, 1.82) is 0 Å². The number of para-hydroxylation sites is 1. The minimum Gasteiger partial charge on any atom is -0.503 e. The second kappa shape index (κ2) is 30.9. The van der Waals surface area contributed by atoms with Crippen molar-refractivity contribution < 1.29 is 106 Å². The highest BCUT2D eigenvalue weighted by Crippen LogP contribution is 2.32. The van der Waals surface area contributed by atoms with Crippen LogP contribution >= 0.6 is 57.4 Å². The molecular weight excluding hydrogens is 1340 g/mol.